The average Bonchev–Trinajstić information content (AvgIpc) is 2.66. The number of carboxylic acid groups (broad SMARTS) is 1. The largest absolute Gasteiger partial charge is 0.476 e. The molecular formula is C9H7N3O5. The van der Waals surface area contributed by atoms with Crippen LogP contribution in [0.15, 0.2) is 15.6 Å². The van der Waals surface area contributed by atoms with Crippen LogP contribution in [0, 0.1) is 0 Å². The summed E-state index contributed by atoms with van der Waals surface area (Å²) in [6.07, 6.45) is 1.11. The molecule has 8 nitrogen and oxygen atoms in total. The zero-order chi connectivity index (χ0) is 12.6. The molecule has 0 fully saturated rings. The maximum Gasteiger partial charge on any atom is 0.359 e. The van der Waals surface area contributed by atoms with E-state index >= 15 is 0 Å². The van der Waals surface area contributed by atoms with Crippen LogP contribution in [0.5, 0.6) is 0 Å². The standard InChI is InChI=1S/C9H7N3O5/c1-4(13)2-12-3-10-7-5(8(12)14)6(9(15)16)11-17-7/h3H,2H2,1H3,(H,15,16). The summed E-state index contributed by atoms with van der Waals surface area (Å²) in [6.45, 7) is 1.13. The molecule has 2 aromatic heterocycles. The Morgan fingerprint density at radius 1 is 1.53 bits per heavy atom. The van der Waals surface area contributed by atoms with Crippen LogP contribution in [0.3, 0.4) is 0 Å². The number of carbonyl (C=O) groups is 2. The van der Waals surface area contributed by atoms with Gasteiger partial charge in [0.05, 0.1) is 6.54 Å². The Kier molecular flexibility index (Phi) is 2.47. The molecule has 2 aromatic rings. The van der Waals surface area contributed by atoms with Crippen LogP contribution in [0.2, 0.25) is 0 Å². The van der Waals surface area contributed by atoms with Gasteiger partial charge in [-0.3, -0.25) is 14.2 Å². The number of nitrogens with zero attached hydrogens (tertiary/aromatic N) is 3. The molecule has 0 atom stereocenters. The van der Waals surface area contributed by atoms with Crippen molar-refractivity contribution in [3.63, 3.8) is 0 Å². The van der Waals surface area contributed by atoms with Gasteiger partial charge in [-0.25, -0.2) is 9.78 Å². The van der Waals surface area contributed by atoms with E-state index in [1.165, 1.54) is 6.92 Å². The molecule has 17 heavy (non-hydrogen) atoms. The third-order valence-corrected chi connectivity index (χ3v) is 2.06. The van der Waals surface area contributed by atoms with Gasteiger partial charge in [-0.1, -0.05) is 5.16 Å². The summed E-state index contributed by atoms with van der Waals surface area (Å²) in [7, 11) is 0. The second kappa shape index (κ2) is 3.81. The third kappa shape index (κ3) is 1.80. The van der Waals surface area contributed by atoms with E-state index in [2.05, 4.69) is 14.7 Å². The van der Waals surface area contributed by atoms with Crippen molar-refractivity contribution in [2.24, 2.45) is 0 Å². The molecule has 0 saturated carbocycles. The summed E-state index contributed by atoms with van der Waals surface area (Å²) in [6, 6.07) is 0. The fraction of sp³-hybridized carbons (Fsp3) is 0.222. The number of carbonyl (C=O) groups excluding carboxylic acids is 1. The van der Waals surface area contributed by atoms with Crippen LogP contribution < -0.4 is 5.56 Å². The molecule has 0 aliphatic rings. The first-order valence-electron chi connectivity index (χ1n) is 4.58. The summed E-state index contributed by atoms with van der Waals surface area (Å²) < 4.78 is 5.62. The van der Waals surface area contributed by atoms with E-state index in [-0.39, 0.29) is 23.4 Å². The van der Waals surface area contributed by atoms with Crippen molar-refractivity contribution < 1.29 is 19.2 Å². The average molecular weight is 237 g/mol. The van der Waals surface area contributed by atoms with E-state index in [9.17, 15) is 14.4 Å². The summed E-state index contributed by atoms with van der Waals surface area (Å²) in [5, 5.41) is 11.8. The van der Waals surface area contributed by atoms with Crippen molar-refractivity contribution in [1.29, 1.82) is 0 Å². The first-order chi connectivity index (χ1) is 8.00. The van der Waals surface area contributed by atoms with Crippen molar-refractivity contribution in [2.75, 3.05) is 0 Å². The molecule has 0 saturated heterocycles. The molecule has 2 heterocycles. The predicted octanol–water partition coefficient (Wildman–Crippen LogP) is -0.328. The molecule has 2 rings (SSSR count). The van der Waals surface area contributed by atoms with Gasteiger partial charge < -0.3 is 9.63 Å². The first kappa shape index (κ1) is 11.0. The quantitative estimate of drug-likeness (QED) is 0.776. The van der Waals surface area contributed by atoms with Gasteiger partial charge in [-0.2, -0.15) is 0 Å². The molecular weight excluding hydrogens is 230 g/mol. The van der Waals surface area contributed by atoms with Crippen molar-refractivity contribution in [1.82, 2.24) is 14.7 Å². The maximum atomic E-state index is 11.9. The van der Waals surface area contributed by atoms with E-state index in [4.69, 9.17) is 5.11 Å². The van der Waals surface area contributed by atoms with Gasteiger partial charge in [-0.15, -0.1) is 0 Å². The zero-order valence-electron chi connectivity index (χ0n) is 8.71. The number of hydrogen-bond donors (Lipinski definition) is 1. The van der Waals surface area contributed by atoms with Gasteiger partial charge in [0.1, 0.15) is 17.5 Å². The van der Waals surface area contributed by atoms with Gasteiger partial charge in [0.2, 0.25) is 5.69 Å². The lowest BCUT2D eigenvalue weighted by Gasteiger charge is -2.00. The Balaban J connectivity index is 2.72. The molecule has 1 N–H and O–H groups in total. The van der Waals surface area contributed by atoms with Crippen LogP contribution in [0.25, 0.3) is 11.1 Å². The van der Waals surface area contributed by atoms with Gasteiger partial charge >= 0.3 is 5.97 Å². The first-order valence-corrected chi connectivity index (χ1v) is 4.58. The molecule has 0 bridgehead atoms. The maximum absolute atomic E-state index is 11.9. The summed E-state index contributed by atoms with van der Waals surface area (Å²) >= 11 is 0. The lowest BCUT2D eigenvalue weighted by molar-refractivity contribution is -0.117. The second-order valence-corrected chi connectivity index (χ2v) is 3.40. The third-order valence-electron chi connectivity index (χ3n) is 2.06. The number of Topliss-reactive ketones (excluding diaryl/α,β-unsaturated/α-hetero) is 1. The number of rotatable bonds is 3. The molecule has 0 spiro atoms. The minimum absolute atomic E-state index is 0.160. The Hall–Kier alpha value is -2.51. The summed E-state index contributed by atoms with van der Waals surface area (Å²) in [5.41, 5.74) is -1.33. The lowest BCUT2D eigenvalue weighted by Crippen LogP contribution is -2.24. The van der Waals surface area contributed by atoms with Crippen LogP contribution in [-0.2, 0) is 11.3 Å². The zero-order valence-corrected chi connectivity index (χ0v) is 8.71. The van der Waals surface area contributed by atoms with Crippen molar-refractivity contribution in [3.05, 3.63) is 22.4 Å². The molecule has 0 radical (unpaired) electrons. The number of aromatic nitrogens is 3. The van der Waals surface area contributed by atoms with E-state index < -0.39 is 17.2 Å². The molecule has 0 aromatic carbocycles. The van der Waals surface area contributed by atoms with Crippen molar-refractivity contribution in [2.45, 2.75) is 13.5 Å². The van der Waals surface area contributed by atoms with Crippen LogP contribution in [-0.4, -0.2) is 31.6 Å². The van der Waals surface area contributed by atoms with Crippen molar-refractivity contribution in [3.8, 4) is 0 Å². The van der Waals surface area contributed by atoms with Crippen LogP contribution in [0.4, 0.5) is 0 Å². The van der Waals surface area contributed by atoms with Crippen molar-refractivity contribution >= 4 is 22.9 Å². The monoisotopic (exact) mass is 237 g/mol. The molecule has 88 valence electrons. The summed E-state index contributed by atoms with van der Waals surface area (Å²) in [4.78, 5) is 37.3. The molecule has 0 amide bonds. The lowest BCUT2D eigenvalue weighted by atomic mass is 10.3. The SMILES string of the molecule is CC(=O)Cn1cnc2onc(C(=O)O)c2c1=O. The van der Waals surface area contributed by atoms with E-state index in [0.29, 0.717) is 0 Å². The number of ketones is 1. The van der Waals surface area contributed by atoms with Gasteiger partial charge in [0.25, 0.3) is 11.3 Å². The minimum Gasteiger partial charge on any atom is -0.476 e. The fourth-order valence-electron chi connectivity index (χ4n) is 1.38. The van der Waals surface area contributed by atoms with Gasteiger partial charge in [0.15, 0.2) is 0 Å². The highest BCUT2D eigenvalue weighted by atomic mass is 16.5. The number of fused-ring (bicyclic) bond motifs is 1. The minimum atomic E-state index is -1.39. The van der Waals surface area contributed by atoms with Gasteiger partial charge in [-0.05, 0) is 6.92 Å². The Morgan fingerprint density at radius 3 is 2.82 bits per heavy atom. The Bertz CT molecular complexity index is 669. The normalized spacial score (nSPS) is 10.6. The van der Waals surface area contributed by atoms with E-state index in [1.807, 2.05) is 0 Å². The predicted molar refractivity (Wildman–Crippen MR) is 53.7 cm³/mol. The highest BCUT2D eigenvalue weighted by Crippen LogP contribution is 2.11. The number of hydrogen-bond acceptors (Lipinski definition) is 6. The van der Waals surface area contributed by atoms with Gasteiger partial charge in [0, 0.05) is 0 Å². The topological polar surface area (TPSA) is 115 Å². The Morgan fingerprint density at radius 2 is 2.24 bits per heavy atom. The van der Waals surface area contributed by atoms with Crippen LogP contribution in [0.1, 0.15) is 17.4 Å². The molecule has 0 aliphatic carbocycles. The highest BCUT2D eigenvalue weighted by Gasteiger charge is 2.20. The Labute approximate surface area is 93.5 Å². The molecule has 0 aliphatic heterocycles. The number of carboxylic acids is 1. The summed E-state index contributed by atoms with van der Waals surface area (Å²) in [5.74, 6) is -1.63. The smallest absolute Gasteiger partial charge is 0.359 e. The van der Waals surface area contributed by atoms with E-state index in [1.54, 1.807) is 0 Å². The fourth-order valence-corrected chi connectivity index (χ4v) is 1.38. The second-order valence-electron chi connectivity index (χ2n) is 3.40. The van der Waals surface area contributed by atoms with Crippen LogP contribution >= 0.6 is 0 Å². The number of aromatic carboxylic acids is 1. The van der Waals surface area contributed by atoms with E-state index in [0.717, 1.165) is 10.9 Å². The molecule has 0 unspecified atom stereocenters. The molecule has 8 heteroatoms. The highest BCUT2D eigenvalue weighted by molar-refractivity contribution is 5.98.